The Kier molecular flexibility index (Phi) is 4.14. The third-order valence-electron chi connectivity index (χ3n) is 2.96. The van der Waals surface area contributed by atoms with E-state index in [1.54, 1.807) is 25.1 Å². The van der Waals surface area contributed by atoms with Crippen molar-refractivity contribution in [3.8, 4) is 0 Å². The van der Waals surface area contributed by atoms with Crippen LogP contribution >= 0.6 is 11.6 Å². The predicted molar refractivity (Wildman–Crippen MR) is 71.7 cm³/mol. The molecule has 2 aromatic rings. The van der Waals surface area contributed by atoms with Gasteiger partial charge in [-0.3, -0.25) is 5.84 Å². The van der Waals surface area contributed by atoms with Gasteiger partial charge in [0.2, 0.25) is 0 Å². The zero-order valence-electron chi connectivity index (χ0n) is 10.3. The molecule has 1 unspecified atom stereocenters. The molecule has 5 heteroatoms. The van der Waals surface area contributed by atoms with Crippen molar-refractivity contribution in [2.75, 3.05) is 0 Å². The van der Waals surface area contributed by atoms with E-state index in [1.165, 1.54) is 18.2 Å². The molecule has 0 aliphatic carbocycles. The van der Waals surface area contributed by atoms with Gasteiger partial charge >= 0.3 is 0 Å². The molecule has 2 aromatic carbocycles. The maximum atomic E-state index is 13.3. The van der Waals surface area contributed by atoms with Crippen LogP contribution in [0, 0.1) is 18.6 Å². The van der Waals surface area contributed by atoms with Crippen LogP contribution in [0.15, 0.2) is 36.4 Å². The van der Waals surface area contributed by atoms with Crippen molar-refractivity contribution in [3.05, 3.63) is 69.7 Å². The molecular formula is C14H13ClF2N2. The Morgan fingerprint density at radius 1 is 1.05 bits per heavy atom. The zero-order chi connectivity index (χ0) is 14.0. The Morgan fingerprint density at radius 2 is 1.63 bits per heavy atom. The van der Waals surface area contributed by atoms with Gasteiger partial charge in [-0.05, 0) is 41.8 Å². The summed E-state index contributed by atoms with van der Waals surface area (Å²) in [5, 5.41) is 0.0246. The summed E-state index contributed by atoms with van der Waals surface area (Å²) >= 11 is 5.76. The lowest BCUT2D eigenvalue weighted by molar-refractivity contribution is 0.604. The fraction of sp³-hybridized carbons (Fsp3) is 0.143. The molecule has 0 aromatic heterocycles. The SMILES string of the molecule is Cc1cc(C(NN)c2ccc(F)c(Cl)c2)ccc1F. The summed E-state index contributed by atoms with van der Waals surface area (Å²) in [6, 6.07) is 8.68. The number of hydrogen-bond acceptors (Lipinski definition) is 2. The largest absolute Gasteiger partial charge is 0.271 e. The standard InChI is InChI=1S/C14H13ClF2N2/c1-8-6-9(2-4-12(8)16)14(19-18)10-3-5-13(17)11(15)7-10/h2-7,14,19H,18H2,1H3. The van der Waals surface area contributed by atoms with E-state index in [0.29, 0.717) is 11.1 Å². The average molecular weight is 283 g/mol. The van der Waals surface area contributed by atoms with Crippen molar-refractivity contribution < 1.29 is 8.78 Å². The van der Waals surface area contributed by atoms with E-state index in [9.17, 15) is 8.78 Å². The van der Waals surface area contributed by atoms with Crippen molar-refractivity contribution in [1.29, 1.82) is 0 Å². The highest BCUT2D eigenvalue weighted by Gasteiger charge is 2.15. The first-order chi connectivity index (χ1) is 9.02. The van der Waals surface area contributed by atoms with E-state index < -0.39 is 5.82 Å². The van der Waals surface area contributed by atoms with Gasteiger partial charge in [0.25, 0.3) is 0 Å². The maximum absolute atomic E-state index is 13.3. The smallest absolute Gasteiger partial charge is 0.141 e. The summed E-state index contributed by atoms with van der Waals surface area (Å²) in [4.78, 5) is 0. The number of nitrogens with two attached hydrogens (primary N) is 1. The molecule has 0 spiro atoms. The van der Waals surface area contributed by atoms with E-state index in [2.05, 4.69) is 5.43 Å². The molecule has 0 aliphatic heterocycles. The Bertz CT molecular complexity index is 550. The van der Waals surface area contributed by atoms with Gasteiger partial charge in [0, 0.05) is 0 Å². The van der Waals surface area contributed by atoms with E-state index in [0.717, 1.165) is 5.56 Å². The van der Waals surface area contributed by atoms with Gasteiger partial charge in [0.1, 0.15) is 11.6 Å². The molecule has 0 bridgehead atoms. The average Bonchev–Trinajstić information content (AvgIpc) is 2.39. The van der Waals surface area contributed by atoms with Crippen LogP contribution in [0.4, 0.5) is 8.78 Å². The minimum atomic E-state index is -0.489. The minimum Gasteiger partial charge on any atom is -0.271 e. The van der Waals surface area contributed by atoms with E-state index in [1.807, 2.05) is 0 Å². The number of aryl methyl sites for hydroxylation is 1. The lowest BCUT2D eigenvalue weighted by Crippen LogP contribution is -2.29. The number of nitrogens with one attached hydrogen (secondary N) is 1. The van der Waals surface area contributed by atoms with Crippen molar-refractivity contribution in [3.63, 3.8) is 0 Å². The first-order valence-corrected chi connectivity index (χ1v) is 6.08. The van der Waals surface area contributed by atoms with Gasteiger partial charge in [0.15, 0.2) is 0 Å². The fourth-order valence-corrected chi connectivity index (χ4v) is 2.11. The van der Waals surface area contributed by atoms with Crippen LogP contribution in [0.2, 0.25) is 5.02 Å². The Labute approximate surface area is 115 Å². The lowest BCUT2D eigenvalue weighted by atomic mass is 9.97. The molecule has 0 aliphatic rings. The summed E-state index contributed by atoms with van der Waals surface area (Å²) in [5.74, 6) is 4.76. The second-order valence-corrected chi connectivity index (χ2v) is 4.69. The normalized spacial score (nSPS) is 12.5. The number of halogens is 3. The van der Waals surface area contributed by atoms with Crippen molar-refractivity contribution in [2.24, 2.45) is 5.84 Å². The van der Waals surface area contributed by atoms with Crippen molar-refractivity contribution >= 4 is 11.6 Å². The molecule has 19 heavy (non-hydrogen) atoms. The van der Waals surface area contributed by atoms with Gasteiger partial charge in [0.05, 0.1) is 11.1 Å². The second-order valence-electron chi connectivity index (χ2n) is 4.28. The summed E-state index contributed by atoms with van der Waals surface area (Å²) < 4.78 is 26.4. The Balaban J connectivity index is 2.43. The van der Waals surface area contributed by atoms with Gasteiger partial charge in [-0.1, -0.05) is 29.8 Å². The molecule has 0 amide bonds. The summed E-state index contributed by atoms with van der Waals surface area (Å²) in [7, 11) is 0. The molecule has 2 rings (SSSR count). The summed E-state index contributed by atoms with van der Waals surface area (Å²) in [5.41, 5.74) is 4.63. The quantitative estimate of drug-likeness (QED) is 0.668. The van der Waals surface area contributed by atoms with E-state index in [-0.39, 0.29) is 16.9 Å². The van der Waals surface area contributed by atoms with Crippen molar-refractivity contribution in [2.45, 2.75) is 13.0 Å². The Hall–Kier alpha value is -1.49. The minimum absolute atomic E-state index is 0.0246. The number of benzene rings is 2. The molecule has 0 radical (unpaired) electrons. The van der Waals surface area contributed by atoms with Gasteiger partial charge in [-0.25, -0.2) is 14.2 Å². The lowest BCUT2D eigenvalue weighted by Gasteiger charge is -2.18. The van der Waals surface area contributed by atoms with Crippen LogP contribution in [0.3, 0.4) is 0 Å². The van der Waals surface area contributed by atoms with Crippen LogP contribution in [-0.2, 0) is 0 Å². The first-order valence-electron chi connectivity index (χ1n) is 5.70. The summed E-state index contributed by atoms with van der Waals surface area (Å²) in [6.07, 6.45) is 0. The van der Waals surface area contributed by atoms with Crippen LogP contribution < -0.4 is 11.3 Å². The first kappa shape index (κ1) is 13.9. The molecule has 2 nitrogen and oxygen atoms in total. The molecule has 100 valence electrons. The van der Waals surface area contributed by atoms with Crippen LogP contribution in [0.25, 0.3) is 0 Å². The Morgan fingerprint density at radius 3 is 2.16 bits per heavy atom. The van der Waals surface area contributed by atoms with Gasteiger partial charge in [-0.2, -0.15) is 0 Å². The number of hydrogen-bond donors (Lipinski definition) is 2. The molecule has 0 saturated carbocycles. The second kappa shape index (κ2) is 5.65. The van der Waals surface area contributed by atoms with Crippen LogP contribution in [-0.4, -0.2) is 0 Å². The molecule has 0 fully saturated rings. The van der Waals surface area contributed by atoms with E-state index in [4.69, 9.17) is 17.4 Å². The van der Waals surface area contributed by atoms with Gasteiger partial charge < -0.3 is 0 Å². The fourth-order valence-electron chi connectivity index (χ4n) is 1.92. The maximum Gasteiger partial charge on any atom is 0.141 e. The van der Waals surface area contributed by atoms with E-state index >= 15 is 0 Å². The third-order valence-corrected chi connectivity index (χ3v) is 3.25. The molecular weight excluding hydrogens is 270 g/mol. The predicted octanol–water partition coefficient (Wildman–Crippen LogP) is 3.48. The highest BCUT2D eigenvalue weighted by atomic mass is 35.5. The van der Waals surface area contributed by atoms with Crippen molar-refractivity contribution in [1.82, 2.24) is 5.43 Å². The summed E-state index contributed by atoms with van der Waals surface area (Å²) in [6.45, 7) is 1.67. The highest BCUT2D eigenvalue weighted by molar-refractivity contribution is 6.30. The number of rotatable bonds is 3. The monoisotopic (exact) mass is 282 g/mol. The molecule has 3 N–H and O–H groups in total. The topological polar surface area (TPSA) is 38.0 Å². The van der Waals surface area contributed by atoms with Crippen LogP contribution in [0.5, 0.6) is 0 Å². The molecule has 0 heterocycles. The van der Waals surface area contributed by atoms with Gasteiger partial charge in [-0.15, -0.1) is 0 Å². The zero-order valence-corrected chi connectivity index (χ0v) is 11.0. The number of hydrazine groups is 1. The molecule has 1 atom stereocenters. The van der Waals surface area contributed by atoms with Crippen LogP contribution in [0.1, 0.15) is 22.7 Å². The molecule has 0 saturated heterocycles. The third kappa shape index (κ3) is 2.92. The highest BCUT2D eigenvalue weighted by Crippen LogP contribution is 2.26.